The lowest BCUT2D eigenvalue weighted by molar-refractivity contribution is -0.133. The molecule has 0 atom stereocenters. The van der Waals surface area contributed by atoms with Crippen LogP contribution in [0.25, 0.3) is 0 Å². The topological polar surface area (TPSA) is 37.3 Å². The summed E-state index contributed by atoms with van der Waals surface area (Å²) in [7, 11) is 0. The predicted molar refractivity (Wildman–Crippen MR) is 52.7 cm³/mol. The number of hydrogen-bond acceptors (Lipinski definition) is 1. The van der Waals surface area contributed by atoms with Crippen molar-refractivity contribution in [2.75, 3.05) is 4.43 Å². The number of halogens is 5. The summed E-state index contributed by atoms with van der Waals surface area (Å²) < 4.78 is -1.42. The summed E-state index contributed by atoms with van der Waals surface area (Å²) >= 11 is 21.1. The van der Waals surface area contributed by atoms with Crippen molar-refractivity contribution in [3.05, 3.63) is 0 Å². The first kappa shape index (κ1) is 13.9. The fourth-order valence-corrected chi connectivity index (χ4v) is 0. The summed E-state index contributed by atoms with van der Waals surface area (Å²) in [6.45, 7) is 0. The lowest BCUT2D eigenvalue weighted by Gasteiger charge is -1.91. The van der Waals surface area contributed by atoms with Crippen LogP contribution < -0.4 is 0 Å². The smallest absolute Gasteiger partial charge is 0.313 e. The van der Waals surface area contributed by atoms with Gasteiger partial charge >= 0.3 is 5.97 Å². The average Bonchev–Trinajstić information content (AvgIpc) is 1.61. The van der Waals surface area contributed by atoms with E-state index >= 15 is 0 Å². The first-order valence-electron chi connectivity index (χ1n) is 1.80. The molecule has 0 amide bonds. The van der Waals surface area contributed by atoms with Crippen molar-refractivity contribution >= 4 is 75.0 Å². The van der Waals surface area contributed by atoms with Crippen LogP contribution >= 0.6 is 69.0 Å². The highest BCUT2D eigenvalue weighted by molar-refractivity contribution is 14.1. The van der Waals surface area contributed by atoms with Crippen LogP contribution in [0.15, 0.2) is 0 Å². The Labute approximate surface area is 91.9 Å². The van der Waals surface area contributed by atoms with Gasteiger partial charge in [-0.1, -0.05) is 69.0 Å². The van der Waals surface area contributed by atoms with Crippen LogP contribution in [-0.2, 0) is 4.79 Å². The molecule has 0 aliphatic rings. The van der Waals surface area contributed by atoms with Crippen molar-refractivity contribution in [2.45, 2.75) is 3.25 Å². The molecule has 2 nitrogen and oxygen atoms in total. The van der Waals surface area contributed by atoms with Gasteiger partial charge in [-0.15, -0.1) is 0 Å². The number of rotatable bonds is 1. The van der Waals surface area contributed by atoms with Crippen LogP contribution in [0.2, 0.25) is 0 Å². The second kappa shape index (κ2) is 7.03. The molecule has 1 N–H and O–H groups in total. The maximum absolute atomic E-state index is 9.36. The van der Waals surface area contributed by atoms with Crippen molar-refractivity contribution in [3.63, 3.8) is 0 Å². The van der Waals surface area contributed by atoms with Crippen molar-refractivity contribution in [1.29, 1.82) is 0 Å². The van der Waals surface area contributed by atoms with Crippen LogP contribution in [-0.4, -0.2) is 18.8 Å². The molecule has 0 aromatic rings. The van der Waals surface area contributed by atoms with E-state index in [0.29, 0.717) is 0 Å². The summed E-state index contributed by atoms with van der Waals surface area (Å²) in [6.07, 6.45) is 0. The van der Waals surface area contributed by atoms with Crippen molar-refractivity contribution in [2.24, 2.45) is 0 Å². The molecule has 0 aliphatic heterocycles. The first-order valence-corrected chi connectivity index (χ1v) is 4.84. The zero-order valence-corrected chi connectivity index (χ0v) is 9.63. The highest BCUT2D eigenvalue weighted by Crippen LogP contribution is 2.29. The minimum Gasteiger partial charge on any atom is -0.481 e. The molecular weight excluding hydrogens is 337 g/mol. The molecule has 0 aliphatic carbocycles. The van der Waals surface area contributed by atoms with Crippen LogP contribution in [0.1, 0.15) is 0 Å². The minimum atomic E-state index is -1.61. The summed E-state index contributed by atoms with van der Waals surface area (Å²) in [6, 6.07) is 0. The largest absolute Gasteiger partial charge is 0.481 e. The minimum absolute atomic E-state index is 0.192. The maximum atomic E-state index is 9.36. The summed E-state index contributed by atoms with van der Waals surface area (Å²) in [4.78, 5) is 9.36. The van der Waals surface area contributed by atoms with Gasteiger partial charge < -0.3 is 5.11 Å². The Balaban J connectivity index is 0. The molecule has 0 spiro atoms. The Kier molecular flexibility index (Phi) is 9.79. The molecule has 0 aromatic carbocycles. The van der Waals surface area contributed by atoms with Gasteiger partial charge in [0.15, 0.2) is 0 Å². The highest BCUT2D eigenvalue weighted by atomic mass is 127. The van der Waals surface area contributed by atoms with E-state index < -0.39 is 9.22 Å². The van der Waals surface area contributed by atoms with Gasteiger partial charge in [0.05, 0.1) is 4.43 Å². The molecule has 7 heteroatoms. The predicted octanol–water partition coefficient (Wildman–Crippen LogP) is 3.06. The normalized spacial score (nSPS) is 9.70. The standard InChI is InChI=1S/C2H3IO2.CCl4/c3-1-2(4)5;2-1(3,4)5/h1H2,(H,4,5);. The average molecular weight is 340 g/mol. The lowest BCUT2D eigenvalue weighted by atomic mass is 10.9. The molecule has 0 bridgehead atoms. The van der Waals surface area contributed by atoms with Gasteiger partial charge in [-0.2, -0.15) is 0 Å². The van der Waals surface area contributed by atoms with Crippen molar-refractivity contribution in [1.82, 2.24) is 0 Å². The van der Waals surface area contributed by atoms with Gasteiger partial charge in [-0.05, 0) is 0 Å². The molecule has 0 fully saturated rings. The number of hydrogen-bond donors (Lipinski definition) is 1. The SMILES string of the molecule is ClC(Cl)(Cl)Cl.O=C(O)CI. The number of carbonyl (C=O) groups is 1. The zero-order valence-electron chi connectivity index (χ0n) is 4.45. The zero-order chi connectivity index (χ0) is 8.78. The van der Waals surface area contributed by atoms with Gasteiger partial charge in [0, 0.05) is 0 Å². The summed E-state index contributed by atoms with van der Waals surface area (Å²) in [5, 5.41) is 7.71. The fraction of sp³-hybridized carbons (Fsp3) is 0.667. The van der Waals surface area contributed by atoms with E-state index in [-0.39, 0.29) is 4.43 Å². The van der Waals surface area contributed by atoms with Crippen molar-refractivity contribution in [3.8, 4) is 0 Å². The van der Waals surface area contributed by atoms with E-state index in [9.17, 15) is 4.79 Å². The Hall–Kier alpha value is 1.36. The molecule has 0 heterocycles. The van der Waals surface area contributed by atoms with Gasteiger partial charge in [0.25, 0.3) is 3.25 Å². The molecular formula is C3H3Cl4IO2. The van der Waals surface area contributed by atoms with Gasteiger partial charge in [-0.25, -0.2) is 0 Å². The van der Waals surface area contributed by atoms with Crippen molar-refractivity contribution < 1.29 is 9.90 Å². The van der Waals surface area contributed by atoms with E-state index in [4.69, 9.17) is 51.5 Å². The van der Waals surface area contributed by atoms with E-state index in [1.54, 1.807) is 22.6 Å². The van der Waals surface area contributed by atoms with Crippen LogP contribution in [0.5, 0.6) is 0 Å². The highest BCUT2D eigenvalue weighted by Gasteiger charge is 2.11. The Bertz CT molecular complexity index is 95.2. The summed E-state index contributed by atoms with van der Waals surface area (Å²) in [5.74, 6) is -0.759. The molecule has 0 unspecified atom stereocenters. The Morgan fingerprint density at radius 1 is 1.40 bits per heavy atom. The number of alkyl halides is 5. The van der Waals surface area contributed by atoms with Gasteiger partial charge in [-0.3, -0.25) is 4.79 Å². The summed E-state index contributed by atoms with van der Waals surface area (Å²) in [5.41, 5.74) is 0. The molecule has 0 aromatic heterocycles. The third kappa shape index (κ3) is 57.9. The van der Waals surface area contributed by atoms with Crippen LogP contribution in [0.3, 0.4) is 0 Å². The molecule has 10 heavy (non-hydrogen) atoms. The van der Waals surface area contributed by atoms with E-state index in [1.165, 1.54) is 0 Å². The van der Waals surface area contributed by atoms with E-state index in [2.05, 4.69) is 0 Å². The Morgan fingerprint density at radius 3 is 1.50 bits per heavy atom. The maximum Gasteiger partial charge on any atom is 0.313 e. The number of carboxylic acid groups (broad SMARTS) is 1. The van der Waals surface area contributed by atoms with Gasteiger partial charge in [0.2, 0.25) is 0 Å². The first-order chi connectivity index (χ1) is 4.27. The third-order valence-corrected chi connectivity index (χ3v) is 0.767. The molecule has 0 rings (SSSR count). The fourth-order valence-electron chi connectivity index (χ4n) is 0. The number of aliphatic carboxylic acids is 1. The van der Waals surface area contributed by atoms with Gasteiger partial charge in [0.1, 0.15) is 0 Å². The quantitative estimate of drug-likeness (QED) is 0.589. The van der Waals surface area contributed by atoms with Crippen LogP contribution in [0.4, 0.5) is 0 Å². The molecule has 0 radical (unpaired) electrons. The molecule has 62 valence electrons. The number of carboxylic acids is 1. The van der Waals surface area contributed by atoms with E-state index in [0.717, 1.165) is 0 Å². The second-order valence-corrected chi connectivity index (χ2v) is 5.15. The molecule has 0 saturated carbocycles. The lowest BCUT2D eigenvalue weighted by Crippen LogP contribution is -1.91. The van der Waals surface area contributed by atoms with E-state index in [1.807, 2.05) is 0 Å². The third-order valence-electron chi connectivity index (χ3n) is 0.114. The second-order valence-electron chi connectivity index (χ2n) is 0.956. The molecule has 0 saturated heterocycles. The Morgan fingerprint density at radius 2 is 1.50 bits per heavy atom. The monoisotopic (exact) mass is 338 g/mol. The van der Waals surface area contributed by atoms with Crippen LogP contribution in [0, 0.1) is 0 Å².